The van der Waals surface area contributed by atoms with Crippen molar-refractivity contribution in [3.8, 4) is 0 Å². The van der Waals surface area contributed by atoms with Crippen molar-refractivity contribution in [2.75, 3.05) is 26.4 Å². The molecular weight excluding hydrogens is 725 g/mol. The lowest BCUT2D eigenvalue weighted by Crippen LogP contribution is -2.27. The first-order valence-electron chi connectivity index (χ1n) is 23.0. The van der Waals surface area contributed by atoms with Gasteiger partial charge in [0.15, 0.2) is 0 Å². The SMILES string of the molecule is CCCCC/C=C\C/C=C\C/C=C\CCCCCCCCCCC(=O)OCC(O)COP(=O)(O)OCCNC(=O)CCCCCCCCCCCCCCCC. The number of rotatable bonds is 43. The van der Waals surface area contributed by atoms with Gasteiger partial charge in [0, 0.05) is 19.4 Å². The number of amides is 1. The molecule has 0 aliphatic heterocycles. The van der Waals surface area contributed by atoms with Crippen LogP contribution in [0.5, 0.6) is 0 Å². The topological polar surface area (TPSA) is 131 Å². The Kier molecular flexibility index (Phi) is 41.5. The Morgan fingerprint density at radius 3 is 1.48 bits per heavy atom. The summed E-state index contributed by atoms with van der Waals surface area (Å²) in [6, 6.07) is 0. The zero-order valence-electron chi connectivity index (χ0n) is 36.1. The lowest BCUT2D eigenvalue weighted by atomic mass is 10.0. The minimum absolute atomic E-state index is 0.0832. The zero-order chi connectivity index (χ0) is 41.1. The predicted octanol–water partition coefficient (Wildman–Crippen LogP) is 12.9. The van der Waals surface area contributed by atoms with E-state index < -0.39 is 26.5 Å². The van der Waals surface area contributed by atoms with Gasteiger partial charge in [0.1, 0.15) is 12.7 Å². The fourth-order valence-corrected chi connectivity index (χ4v) is 7.09. The van der Waals surface area contributed by atoms with Gasteiger partial charge in [0.05, 0.1) is 13.2 Å². The summed E-state index contributed by atoms with van der Waals surface area (Å²) in [4.78, 5) is 33.9. The van der Waals surface area contributed by atoms with Crippen LogP contribution in [0.15, 0.2) is 36.5 Å². The molecule has 0 aromatic carbocycles. The number of carbonyl (C=O) groups is 2. The predicted molar refractivity (Wildman–Crippen MR) is 234 cm³/mol. The molecule has 0 bridgehead atoms. The molecular formula is C46H86NO8P. The summed E-state index contributed by atoms with van der Waals surface area (Å²) >= 11 is 0. The molecule has 0 rings (SSSR count). The van der Waals surface area contributed by atoms with E-state index in [1.165, 1.54) is 122 Å². The first kappa shape index (κ1) is 54.2. The molecule has 2 unspecified atom stereocenters. The number of unbranched alkanes of at least 4 members (excludes halogenated alkanes) is 24. The van der Waals surface area contributed by atoms with Crippen LogP contribution in [0.25, 0.3) is 0 Å². The van der Waals surface area contributed by atoms with Gasteiger partial charge in [-0.2, -0.15) is 0 Å². The summed E-state index contributed by atoms with van der Waals surface area (Å²) in [5.74, 6) is -0.519. The number of esters is 1. The summed E-state index contributed by atoms with van der Waals surface area (Å²) in [7, 11) is -4.42. The third-order valence-electron chi connectivity index (χ3n) is 9.82. The molecule has 0 fully saturated rings. The van der Waals surface area contributed by atoms with Crippen LogP contribution in [0.4, 0.5) is 0 Å². The molecule has 0 aliphatic carbocycles. The molecule has 0 aliphatic rings. The van der Waals surface area contributed by atoms with E-state index in [2.05, 4.69) is 55.6 Å². The Labute approximate surface area is 343 Å². The van der Waals surface area contributed by atoms with Gasteiger partial charge < -0.3 is 20.1 Å². The van der Waals surface area contributed by atoms with E-state index in [0.717, 1.165) is 64.2 Å². The van der Waals surface area contributed by atoms with E-state index in [1.54, 1.807) is 0 Å². The van der Waals surface area contributed by atoms with Gasteiger partial charge in [-0.05, 0) is 51.4 Å². The molecule has 2 atom stereocenters. The van der Waals surface area contributed by atoms with E-state index in [0.29, 0.717) is 6.42 Å². The van der Waals surface area contributed by atoms with Gasteiger partial charge in [0.25, 0.3) is 0 Å². The summed E-state index contributed by atoms with van der Waals surface area (Å²) in [5.41, 5.74) is 0. The molecule has 56 heavy (non-hydrogen) atoms. The third kappa shape index (κ3) is 43.4. The maximum atomic E-state index is 12.1. The van der Waals surface area contributed by atoms with Crippen LogP contribution in [0.3, 0.4) is 0 Å². The van der Waals surface area contributed by atoms with Crippen molar-refractivity contribution in [3.05, 3.63) is 36.5 Å². The number of aliphatic hydroxyl groups excluding tert-OH is 1. The van der Waals surface area contributed by atoms with Crippen LogP contribution in [0, 0.1) is 0 Å². The summed E-state index contributed by atoms with van der Waals surface area (Å²) in [6.07, 6.45) is 47.8. The first-order chi connectivity index (χ1) is 27.3. The van der Waals surface area contributed by atoms with Crippen molar-refractivity contribution < 1.29 is 37.9 Å². The maximum Gasteiger partial charge on any atom is 0.472 e. The maximum absolute atomic E-state index is 12.1. The normalized spacial score (nSPS) is 13.6. The standard InChI is InChI=1S/C46H86NO8P/c1-3-5-7-9-11-13-15-17-19-20-21-22-23-24-25-27-29-31-33-35-37-39-46(50)53-42-44(48)43-55-56(51,52)54-41-40-47-45(49)38-36-34-32-30-28-26-18-16-14-12-10-8-6-4-2/h11,13,17,19,21-22,44,48H,3-10,12,14-16,18,20,23-43H2,1-2H3,(H,47,49)(H,51,52)/b13-11-,19-17-,22-21-. The number of hydrogen-bond acceptors (Lipinski definition) is 7. The molecule has 0 spiro atoms. The highest BCUT2D eigenvalue weighted by Crippen LogP contribution is 2.42. The molecule has 0 aromatic heterocycles. The van der Waals surface area contributed by atoms with E-state index in [1.807, 2.05) is 0 Å². The number of phosphoric acid groups is 1. The van der Waals surface area contributed by atoms with Crippen LogP contribution in [0.2, 0.25) is 0 Å². The molecule has 0 aromatic rings. The molecule has 328 valence electrons. The van der Waals surface area contributed by atoms with Gasteiger partial charge >= 0.3 is 13.8 Å². The summed E-state index contributed by atoms with van der Waals surface area (Å²) < 4.78 is 26.9. The minimum Gasteiger partial charge on any atom is -0.463 e. The quantitative estimate of drug-likeness (QED) is 0.0240. The molecule has 3 N–H and O–H groups in total. The van der Waals surface area contributed by atoms with Crippen molar-refractivity contribution in [2.45, 2.75) is 219 Å². The molecule has 9 nitrogen and oxygen atoms in total. The number of nitrogens with one attached hydrogen (secondary N) is 1. The minimum atomic E-state index is -4.42. The summed E-state index contributed by atoms with van der Waals surface area (Å²) in [6.45, 7) is 3.54. The smallest absolute Gasteiger partial charge is 0.463 e. The average Bonchev–Trinajstić information content (AvgIpc) is 3.18. The largest absolute Gasteiger partial charge is 0.472 e. The van der Waals surface area contributed by atoms with E-state index in [9.17, 15) is 24.2 Å². The number of aliphatic hydroxyl groups is 1. The number of carbonyl (C=O) groups excluding carboxylic acids is 2. The van der Waals surface area contributed by atoms with Gasteiger partial charge in [-0.25, -0.2) is 4.57 Å². The van der Waals surface area contributed by atoms with Crippen molar-refractivity contribution >= 4 is 19.7 Å². The van der Waals surface area contributed by atoms with Gasteiger partial charge in [-0.15, -0.1) is 0 Å². The van der Waals surface area contributed by atoms with E-state index >= 15 is 0 Å². The Hall–Kier alpha value is -1.77. The Morgan fingerprint density at radius 2 is 0.964 bits per heavy atom. The van der Waals surface area contributed by atoms with E-state index in [4.69, 9.17) is 13.8 Å². The molecule has 0 radical (unpaired) electrons. The highest BCUT2D eigenvalue weighted by Gasteiger charge is 2.23. The lowest BCUT2D eigenvalue weighted by Gasteiger charge is -2.15. The second-order valence-electron chi connectivity index (χ2n) is 15.4. The van der Waals surface area contributed by atoms with Crippen LogP contribution in [-0.2, 0) is 27.9 Å². The second-order valence-corrected chi connectivity index (χ2v) is 16.8. The number of allylic oxidation sites excluding steroid dienone is 6. The van der Waals surface area contributed by atoms with Gasteiger partial charge in [0.2, 0.25) is 5.91 Å². The second kappa shape index (κ2) is 42.8. The zero-order valence-corrected chi connectivity index (χ0v) is 37.0. The van der Waals surface area contributed by atoms with Crippen molar-refractivity contribution in [3.63, 3.8) is 0 Å². The summed E-state index contributed by atoms with van der Waals surface area (Å²) in [5, 5.41) is 12.7. The Balaban J connectivity index is 3.59. The Morgan fingerprint density at radius 1 is 0.554 bits per heavy atom. The van der Waals surface area contributed by atoms with Gasteiger partial charge in [-0.3, -0.25) is 18.6 Å². The molecule has 0 heterocycles. The number of ether oxygens (including phenoxy) is 1. The fourth-order valence-electron chi connectivity index (χ4n) is 6.33. The number of hydrogen-bond donors (Lipinski definition) is 3. The molecule has 1 amide bonds. The molecule has 0 saturated carbocycles. The van der Waals surface area contributed by atoms with Crippen molar-refractivity contribution in [2.24, 2.45) is 0 Å². The number of phosphoric ester groups is 1. The van der Waals surface area contributed by atoms with Crippen LogP contribution < -0.4 is 5.32 Å². The van der Waals surface area contributed by atoms with Crippen molar-refractivity contribution in [1.29, 1.82) is 0 Å². The van der Waals surface area contributed by atoms with Crippen LogP contribution >= 0.6 is 7.82 Å². The lowest BCUT2D eigenvalue weighted by molar-refractivity contribution is -0.147. The fraction of sp³-hybridized carbons (Fsp3) is 0.826. The monoisotopic (exact) mass is 812 g/mol. The average molecular weight is 812 g/mol. The third-order valence-corrected chi connectivity index (χ3v) is 10.8. The highest BCUT2D eigenvalue weighted by atomic mass is 31.2. The van der Waals surface area contributed by atoms with Crippen LogP contribution in [0.1, 0.15) is 213 Å². The molecule has 10 heteroatoms. The van der Waals surface area contributed by atoms with Gasteiger partial charge in [-0.1, -0.05) is 185 Å². The van der Waals surface area contributed by atoms with E-state index in [-0.39, 0.29) is 32.1 Å². The highest BCUT2D eigenvalue weighted by molar-refractivity contribution is 7.47. The van der Waals surface area contributed by atoms with Crippen molar-refractivity contribution in [1.82, 2.24) is 5.32 Å². The Bertz CT molecular complexity index is 1020. The first-order valence-corrected chi connectivity index (χ1v) is 24.5. The van der Waals surface area contributed by atoms with Crippen LogP contribution in [-0.4, -0.2) is 54.3 Å². The molecule has 0 saturated heterocycles.